The monoisotopic (exact) mass is 391 g/mol. The van der Waals surface area contributed by atoms with Gasteiger partial charge >= 0.3 is 5.97 Å². The number of rotatable bonds is 6. The molecule has 0 radical (unpaired) electrons. The van der Waals surface area contributed by atoms with E-state index >= 15 is 0 Å². The average Bonchev–Trinajstić information content (AvgIpc) is 2.67. The van der Waals surface area contributed by atoms with Gasteiger partial charge in [0.25, 0.3) is 5.56 Å². The fraction of sp³-hybridized carbons (Fsp3) is 0.333. The number of halogens is 2. The summed E-state index contributed by atoms with van der Waals surface area (Å²) >= 11 is 0. The number of hydrogen-bond acceptors (Lipinski definition) is 5. The van der Waals surface area contributed by atoms with Gasteiger partial charge in [0, 0.05) is 32.4 Å². The lowest BCUT2D eigenvalue weighted by atomic mass is 9.96. The molecule has 7 nitrogen and oxygen atoms in total. The van der Waals surface area contributed by atoms with Crippen molar-refractivity contribution in [3.05, 3.63) is 51.9 Å². The molecule has 0 bridgehead atoms. The molecule has 0 atom stereocenters. The van der Waals surface area contributed by atoms with E-state index in [1.807, 2.05) is 4.90 Å². The molecule has 2 heterocycles. The zero-order valence-electron chi connectivity index (χ0n) is 15.4. The molecule has 1 aliphatic heterocycles. The summed E-state index contributed by atoms with van der Waals surface area (Å²) in [5.74, 6) is -3.36. The lowest BCUT2D eigenvalue weighted by molar-refractivity contribution is 0.0362. The highest BCUT2D eigenvalue weighted by Gasteiger charge is 2.22. The highest BCUT2D eigenvalue weighted by atomic mass is 19.1. The number of hydrogen-bond donors (Lipinski definition) is 2. The number of morpholine rings is 1. The summed E-state index contributed by atoms with van der Waals surface area (Å²) in [6, 6.07) is 4.18. The SMILES string of the molecule is Bc1ccc(Nc2c(C(=O)O)cn(CCN3CCOCC3)c(=O)c2F)c(F)c1. The molecule has 0 spiro atoms. The number of carboxylic acids is 1. The van der Waals surface area contributed by atoms with E-state index in [0.29, 0.717) is 38.3 Å². The molecule has 148 valence electrons. The first-order valence-corrected chi connectivity index (χ1v) is 8.86. The van der Waals surface area contributed by atoms with Crippen molar-refractivity contribution in [2.75, 3.05) is 38.2 Å². The molecule has 1 aliphatic rings. The van der Waals surface area contributed by atoms with Crippen LogP contribution in [0, 0.1) is 11.6 Å². The number of anilines is 2. The minimum Gasteiger partial charge on any atom is -0.478 e. The molecular weight excluding hydrogens is 371 g/mol. The van der Waals surface area contributed by atoms with Crippen LogP contribution in [-0.2, 0) is 11.3 Å². The second-order valence-electron chi connectivity index (χ2n) is 6.60. The topological polar surface area (TPSA) is 83.8 Å². The smallest absolute Gasteiger partial charge is 0.339 e. The molecule has 0 amide bonds. The van der Waals surface area contributed by atoms with Crippen LogP contribution in [-0.4, -0.2) is 61.2 Å². The van der Waals surface area contributed by atoms with Crippen LogP contribution in [0.1, 0.15) is 10.4 Å². The molecule has 2 N–H and O–H groups in total. The van der Waals surface area contributed by atoms with Crippen molar-refractivity contribution in [3.63, 3.8) is 0 Å². The van der Waals surface area contributed by atoms with Crippen LogP contribution in [0.2, 0.25) is 0 Å². The zero-order valence-corrected chi connectivity index (χ0v) is 15.4. The number of ether oxygens (including phenoxy) is 1. The summed E-state index contributed by atoms with van der Waals surface area (Å²) in [6.07, 6.45) is 1.09. The molecule has 0 unspecified atom stereocenters. The number of pyridine rings is 1. The van der Waals surface area contributed by atoms with Crippen LogP contribution in [0.4, 0.5) is 20.2 Å². The van der Waals surface area contributed by atoms with Crippen LogP contribution in [0.5, 0.6) is 0 Å². The first kappa shape index (κ1) is 20.0. The fourth-order valence-electron chi connectivity index (χ4n) is 3.01. The summed E-state index contributed by atoms with van der Waals surface area (Å²) in [4.78, 5) is 26.1. The lowest BCUT2D eigenvalue weighted by Gasteiger charge is -2.26. The lowest BCUT2D eigenvalue weighted by Crippen LogP contribution is -2.39. The Bertz CT molecular complexity index is 945. The number of aromatic nitrogens is 1. The maximum Gasteiger partial charge on any atom is 0.339 e. The van der Waals surface area contributed by atoms with E-state index < -0.39 is 34.4 Å². The van der Waals surface area contributed by atoms with E-state index in [9.17, 15) is 23.5 Å². The van der Waals surface area contributed by atoms with Gasteiger partial charge in [-0.25, -0.2) is 9.18 Å². The molecule has 1 fully saturated rings. The Morgan fingerprint density at radius 2 is 1.96 bits per heavy atom. The van der Waals surface area contributed by atoms with Gasteiger partial charge in [0.15, 0.2) is 0 Å². The van der Waals surface area contributed by atoms with Crippen molar-refractivity contribution in [3.8, 4) is 0 Å². The maximum absolute atomic E-state index is 14.7. The molecular formula is C18H20BF2N3O4. The molecule has 1 aromatic heterocycles. The van der Waals surface area contributed by atoms with Crippen LogP contribution in [0.25, 0.3) is 0 Å². The van der Waals surface area contributed by atoms with Gasteiger partial charge < -0.3 is 19.7 Å². The average molecular weight is 391 g/mol. The van der Waals surface area contributed by atoms with Crippen LogP contribution >= 0.6 is 0 Å². The fourth-order valence-corrected chi connectivity index (χ4v) is 3.01. The molecule has 28 heavy (non-hydrogen) atoms. The number of carbonyl (C=O) groups is 1. The van der Waals surface area contributed by atoms with Crippen molar-refractivity contribution in [1.29, 1.82) is 0 Å². The Hall–Kier alpha value is -2.72. The Morgan fingerprint density at radius 3 is 2.61 bits per heavy atom. The van der Waals surface area contributed by atoms with E-state index in [1.54, 1.807) is 13.9 Å². The molecule has 0 aliphatic carbocycles. The second kappa shape index (κ2) is 8.53. The third-order valence-corrected chi connectivity index (χ3v) is 4.60. The Morgan fingerprint density at radius 1 is 1.25 bits per heavy atom. The van der Waals surface area contributed by atoms with E-state index in [4.69, 9.17) is 4.74 Å². The standard InChI is InChI=1S/C18H20BF2N3O4/c19-11-1-2-14(13(20)9-11)22-16-12(18(26)27)10-24(17(25)15(16)21)4-3-23-5-7-28-8-6-23/h1-2,9-10,22H,3-8,19H2,(H,26,27). The van der Waals surface area contributed by atoms with Crippen LogP contribution < -0.4 is 16.3 Å². The Kier molecular flexibility index (Phi) is 6.10. The summed E-state index contributed by atoms with van der Waals surface area (Å²) in [7, 11) is 1.69. The molecule has 0 saturated carbocycles. The quantitative estimate of drug-likeness (QED) is 0.683. The largest absolute Gasteiger partial charge is 0.478 e. The van der Waals surface area contributed by atoms with Gasteiger partial charge in [-0.2, -0.15) is 4.39 Å². The van der Waals surface area contributed by atoms with E-state index in [-0.39, 0.29) is 12.2 Å². The summed E-state index contributed by atoms with van der Waals surface area (Å²) < 4.78 is 35.1. The van der Waals surface area contributed by atoms with E-state index in [2.05, 4.69) is 5.32 Å². The maximum atomic E-state index is 14.7. The summed E-state index contributed by atoms with van der Waals surface area (Å²) in [5, 5.41) is 11.9. The predicted molar refractivity (Wildman–Crippen MR) is 103 cm³/mol. The highest BCUT2D eigenvalue weighted by Crippen LogP contribution is 2.24. The van der Waals surface area contributed by atoms with Gasteiger partial charge in [0.2, 0.25) is 5.82 Å². The van der Waals surface area contributed by atoms with Crippen molar-refractivity contribution in [2.45, 2.75) is 6.54 Å². The number of nitrogens with one attached hydrogen (secondary N) is 1. The Labute approximate surface area is 160 Å². The summed E-state index contributed by atoms with van der Waals surface area (Å²) in [5.41, 5.74) is -1.42. The molecule has 10 heteroatoms. The predicted octanol–water partition coefficient (Wildman–Crippen LogP) is 0.159. The second-order valence-corrected chi connectivity index (χ2v) is 6.60. The van der Waals surface area contributed by atoms with Gasteiger partial charge in [-0.05, 0) is 12.1 Å². The van der Waals surface area contributed by atoms with Gasteiger partial charge in [-0.1, -0.05) is 11.5 Å². The molecule has 3 rings (SSSR count). The molecule has 1 saturated heterocycles. The van der Waals surface area contributed by atoms with Crippen molar-refractivity contribution < 1.29 is 23.4 Å². The molecule has 1 aromatic carbocycles. The highest BCUT2D eigenvalue weighted by molar-refractivity contribution is 6.32. The third-order valence-electron chi connectivity index (χ3n) is 4.60. The number of carboxylic acid groups (broad SMARTS) is 1. The van der Waals surface area contributed by atoms with Crippen molar-refractivity contribution in [2.24, 2.45) is 0 Å². The van der Waals surface area contributed by atoms with Gasteiger partial charge in [-0.3, -0.25) is 9.69 Å². The van der Waals surface area contributed by atoms with Gasteiger partial charge in [-0.15, -0.1) is 0 Å². The first-order valence-electron chi connectivity index (χ1n) is 8.86. The zero-order chi connectivity index (χ0) is 20.3. The minimum absolute atomic E-state index is 0.113. The number of nitrogens with zero attached hydrogens (tertiary/aromatic N) is 2. The Balaban J connectivity index is 1.91. The van der Waals surface area contributed by atoms with Crippen molar-refractivity contribution in [1.82, 2.24) is 9.47 Å². The van der Waals surface area contributed by atoms with Gasteiger partial charge in [0.1, 0.15) is 19.2 Å². The van der Waals surface area contributed by atoms with Crippen LogP contribution in [0.15, 0.2) is 29.2 Å². The minimum atomic E-state index is -1.42. The summed E-state index contributed by atoms with van der Waals surface area (Å²) in [6.45, 7) is 3.13. The normalized spacial score (nSPS) is 14.8. The number of benzene rings is 1. The first-order chi connectivity index (χ1) is 13.4. The van der Waals surface area contributed by atoms with Gasteiger partial charge in [0.05, 0.1) is 24.6 Å². The third kappa shape index (κ3) is 4.40. The van der Waals surface area contributed by atoms with E-state index in [0.717, 1.165) is 10.8 Å². The number of aromatic carboxylic acids is 1. The van der Waals surface area contributed by atoms with Crippen LogP contribution in [0.3, 0.4) is 0 Å². The van der Waals surface area contributed by atoms with E-state index in [1.165, 1.54) is 12.1 Å². The molecule has 2 aromatic rings. The van der Waals surface area contributed by atoms with Crippen molar-refractivity contribution >= 4 is 30.7 Å².